The van der Waals surface area contributed by atoms with Gasteiger partial charge in [-0.2, -0.15) is 0 Å². The molecular weight excluding hydrogens is 364 g/mol. The summed E-state index contributed by atoms with van der Waals surface area (Å²) in [6.07, 6.45) is 1.24. The SMILES string of the molecule is Cc1nc2n(c(=O)c1Cc1ccccc1)CN(CCCO)CN2c1ccccc1. The van der Waals surface area contributed by atoms with Crippen molar-refractivity contribution in [1.29, 1.82) is 0 Å². The number of benzene rings is 2. The summed E-state index contributed by atoms with van der Waals surface area (Å²) in [7, 11) is 0. The van der Waals surface area contributed by atoms with Gasteiger partial charge in [0, 0.05) is 30.8 Å². The number of hydrogen-bond acceptors (Lipinski definition) is 5. The van der Waals surface area contributed by atoms with Gasteiger partial charge < -0.3 is 5.11 Å². The zero-order chi connectivity index (χ0) is 20.2. The number of rotatable bonds is 6. The first-order valence-electron chi connectivity index (χ1n) is 9.97. The number of aromatic nitrogens is 2. The lowest BCUT2D eigenvalue weighted by molar-refractivity contribution is 0.175. The minimum atomic E-state index is 0.00554. The van der Waals surface area contributed by atoms with Gasteiger partial charge in [0.1, 0.15) is 0 Å². The lowest BCUT2D eigenvalue weighted by atomic mass is 10.1. The molecular formula is C23H26N4O2. The molecule has 0 spiro atoms. The number of nitrogens with zero attached hydrogens (tertiary/aromatic N) is 4. The monoisotopic (exact) mass is 390 g/mol. The number of aliphatic hydroxyl groups is 1. The van der Waals surface area contributed by atoms with Crippen molar-refractivity contribution in [3.05, 3.63) is 87.8 Å². The van der Waals surface area contributed by atoms with Crippen LogP contribution in [0.15, 0.2) is 65.5 Å². The molecule has 6 nitrogen and oxygen atoms in total. The maximum Gasteiger partial charge on any atom is 0.259 e. The fourth-order valence-electron chi connectivity index (χ4n) is 3.77. The minimum absolute atomic E-state index is 0.00554. The molecule has 2 heterocycles. The third-order valence-corrected chi connectivity index (χ3v) is 5.30. The molecule has 2 aromatic carbocycles. The molecule has 0 aliphatic carbocycles. The summed E-state index contributed by atoms with van der Waals surface area (Å²) in [6, 6.07) is 20.0. The molecule has 0 saturated heterocycles. The van der Waals surface area contributed by atoms with Crippen LogP contribution in [0.3, 0.4) is 0 Å². The van der Waals surface area contributed by atoms with Gasteiger partial charge in [0.2, 0.25) is 5.95 Å². The second kappa shape index (κ2) is 8.59. The maximum absolute atomic E-state index is 13.5. The quantitative estimate of drug-likeness (QED) is 0.701. The molecule has 0 saturated carbocycles. The average molecular weight is 390 g/mol. The Balaban J connectivity index is 1.77. The van der Waals surface area contributed by atoms with Crippen molar-refractivity contribution >= 4 is 11.6 Å². The van der Waals surface area contributed by atoms with Gasteiger partial charge in [0.05, 0.1) is 19.0 Å². The summed E-state index contributed by atoms with van der Waals surface area (Å²) in [5.74, 6) is 0.677. The first-order chi connectivity index (χ1) is 14.2. The Morgan fingerprint density at radius 3 is 2.38 bits per heavy atom. The molecule has 0 unspecified atom stereocenters. The Morgan fingerprint density at radius 1 is 1.00 bits per heavy atom. The predicted octanol–water partition coefficient (Wildman–Crippen LogP) is 2.89. The number of aliphatic hydroxyl groups excluding tert-OH is 1. The first-order valence-corrected chi connectivity index (χ1v) is 9.97. The van der Waals surface area contributed by atoms with Crippen LogP contribution in [0.5, 0.6) is 0 Å². The van der Waals surface area contributed by atoms with Crippen molar-refractivity contribution in [3.8, 4) is 0 Å². The van der Waals surface area contributed by atoms with Crippen molar-refractivity contribution in [2.75, 3.05) is 24.7 Å². The van der Waals surface area contributed by atoms with E-state index in [9.17, 15) is 9.90 Å². The van der Waals surface area contributed by atoms with Crippen LogP contribution in [0, 0.1) is 6.92 Å². The molecule has 0 amide bonds. The van der Waals surface area contributed by atoms with Crippen LogP contribution >= 0.6 is 0 Å². The van der Waals surface area contributed by atoms with Gasteiger partial charge >= 0.3 is 0 Å². The van der Waals surface area contributed by atoms with Gasteiger partial charge in [-0.25, -0.2) is 4.98 Å². The number of hydrogen-bond donors (Lipinski definition) is 1. The topological polar surface area (TPSA) is 61.6 Å². The fraction of sp³-hybridized carbons (Fsp3) is 0.304. The normalized spacial score (nSPS) is 14.1. The summed E-state index contributed by atoms with van der Waals surface area (Å²) in [4.78, 5) is 22.5. The van der Waals surface area contributed by atoms with Crippen LogP contribution in [0.1, 0.15) is 23.2 Å². The number of fused-ring (bicyclic) bond motifs is 1. The van der Waals surface area contributed by atoms with E-state index in [2.05, 4.69) is 9.80 Å². The molecule has 150 valence electrons. The highest BCUT2D eigenvalue weighted by Crippen LogP contribution is 2.27. The number of anilines is 2. The molecule has 0 atom stereocenters. The second-order valence-electron chi connectivity index (χ2n) is 7.39. The van der Waals surface area contributed by atoms with E-state index in [4.69, 9.17) is 4.98 Å². The Labute approximate surface area is 170 Å². The summed E-state index contributed by atoms with van der Waals surface area (Å²) < 4.78 is 1.76. The third kappa shape index (κ3) is 4.09. The third-order valence-electron chi connectivity index (χ3n) is 5.30. The van der Waals surface area contributed by atoms with Crippen molar-refractivity contribution in [2.24, 2.45) is 0 Å². The van der Waals surface area contributed by atoms with Crippen LogP contribution in [0.25, 0.3) is 0 Å². The molecule has 6 heteroatoms. The van der Waals surface area contributed by atoms with Crippen molar-refractivity contribution in [3.63, 3.8) is 0 Å². The summed E-state index contributed by atoms with van der Waals surface area (Å²) in [5.41, 5.74) is 3.61. The average Bonchev–Trinajstić information content (AvgIpc) is 2.76. The smallest absolute Gasteiger partial charge is 0.259 e. The number of aryl methyl sites for hydroxylation is 1. The van der Waals surface area contributed by atoms with E-state index in [1.165, 1.54) is 0 Å². The van der Waals surface area contributed by atoms with E-state index in [0.29, 0.717) is 38.7 Å². The first kappa shape index (κ1) is 19.4. The second-order valence-corrected chi connectivity index (χ2v) is 7.39. The van der Waals surface area contributed by atoms with Crippen LogP contribution in [-0.4, -0.2) is 39.4 Å². The van der Waals surface area contributed by atoms with Crippen molar-refractivity contribution in [2.45, 2.75) is 26.4 Å². The maximum atomic E-state index is 13.5. The van der Waals surface area contributed by atoms with E-state index in [1.807, 2.05) is 67.6 Å². The molecule has 1 N–H and O–H groups in total. The minimum Gasteiger partial charge on any atom is -0.396 e. The fourth-order valence-corrected chi connectivity index (χ4v) is 3.77. The highest BCUT2D eigenvalue weighted by molar-refractivity contribution is 5.58. The van der Waals surface area contributed by atoms with Crippen LogP contribution < -0.4 is 10.5 Å². The number of para-hydroxylation sites is 1. The van der Waals surface area contributed by atoms with Crippen LogP contribution in [0.2, 0.25) is 0 Å². The zero-order valence-corrected chi connectivity index (χ0v) is 16.7. The summed E-state index contributed by atoms with van der Waals surface area (Å²) >= 11 is 0. The Hall–Kier alpha value is -2.96. The van der Waals surface area contributed by atoms with E-state index < -0.39 is 0 Å². The Morgan fingerprint density at radius 2 is 1.69 bits per heavy atom. The summed E-state index contributed by atoms with van der Waals surface area (Å²) in [5, 5.41) is 9.25. The largest absolute Gasteiger partial charge is 0.396 e. The molecule has 0 radical (unpaired) electrons. The summed E-state index contributed by atoms with van der Waals surface area (Å²) in [6.45, 7) is 3.88. The highest BCUT2D eigenvalue weighted by atomic mass is 16.3. The van der Waals surface area contributed by atoms with Crippen molar-refractivity contribution < 1.29 is 5.11 Å². The molecule has 0 fully saturated rings. The molecule has 0 bridgehead atoms. The molecule has 1 aromatic heterocycles. The highest BCUT2D eigenvalue weighted by Gasteiger charge is 2.27. The van der Waals surface area contributed by atoms with E-state index in [1.54, 1.807) is 4.57 Å². The molecule has 1 aliphatic heterocycles. The lowest BCUT2D eigenvalue weighted by Gasteiger charge is -2.38. The van der Waals surface area contributed by atoms with E-state index in [0.717, 1.165) is 22.5 Å². The van der Waals surface area contributed by atoms with Gasteiger partial charge in [0.25, 0.3) is 5.56 Å². The van der Waals surface area contributed by atoms with Crippen LogP contribution in [0.4, 0.5) is 11.6 Å². The standard InChI is InChI=1S/C23H26N4O2/c1-18-21(15-19-9-4-2-5-10-19)22(29)27-17-25(13-8-14-28)16-26(23(27)24-18)20-11-6-3-7-12-20/h2-7,9-12,28H,8,13-17H2,1H3. The van der Waals surface area contributed by atoms with Gasteiger partial charge in [-0.05, 0) is 31.0 Å². The van der Waals surface area contributed by atoms with E-state index in [-0.39, 0.29) is 12.2 Å². The molecule has 3 aromatic rings. The molecule has 1 aliphatic rings. The Bertz CT molecular complexity index is 1020. The van der Waals surface area contributed by atoms with Gasteiger partial charge in [-0.3, -0.25) is 19.2 Å². The van der Waals surface area contributed by atoms with Crippen molar-refractivity contribution in [1.82, 2.24) is 14.5 Å². The zero-order valence-electron chi connectivity index (χ0n) is 16.7. The lowest BCUT2D eigenvalue weighted by Crippen LogP contribution is -2.48. The van der Waals surface area contributed by atoms with Gasteiger partial charge in [-0.15, -0.1) is 0 Å². The predicted molar refractivity (Wildman–Crippen MR) is 114 cm³/mol. The Kier molecular flexibility index (Phi) is 5.74. The van der Waals surface area contributed by atoms with Gasteiger partial charge in [0.15, 0.2) is 0 Å². The molecule has 4 rings (SSSR count). The van der Waals surface area contributed by atoms with Gasteiger partial charge in [-0.1, -0.05) is 48.5 Å². The molecule has 29 heavy (non-hydrogen) atoms. The van der Waals surface area contributed by atoms with E-state index >= 15 is 0 Å². The van der Waals surface area contributed by atoms with Crippen LogP contribution in [-0.2, 0) is 13.1 Å².